The van der Waals surface area contributed by atoms with Gasteiger partial charge in [0.1, 0.15) is 0 Å². The number of aromatic nitrogens is 1. The Morgan fingerprint density at radius 1 is 1.00 bits per heavy atom. The fourth-order valence-electron chi connectivity index (χ4n) is 0.278. The second kappa shape index (κ2) is 2.79. The van der Waals surface area contributed by atoms with E-state index in [9.17, 15) is 0 Å². The summed E-state index contributed by atoms with van der Waals surface area (Å²) >= 11 is 0. The Morgan fingerprint density at radius 2 is 1.50 bits per heavy atom. The lowest BCUT2D eigenvalue weighted by atomic mass is 10.7. The molecule has 0 bridgehead atoms. The Labute approximate surface area is 42.8 Å². The van der Waals surface area contributed by atoms with Crippen LogP contribution in [0.3, 0.4) is 0 Å². The zero-order valence-electron chi connectivity index (χ0n) is 3.22. The van der Waals surface area contributed by atoms with E-state index < -0.39 is 0 Å². The number of rotatable bonds is 0. The zero-order valence-corrected chi connectivity index (χ0v) is 4.03. The predicted molar refractivity (Wildman–Crippen MR) is 28.0 cm³/mol. The summed E-state index contributed by atoms with van der Waals surface area (Å²) in [6.45, 7) is 0. The molecule has 0 aliphatic heterocycles. The minimum absolute atomic E-state index is 0. The molecule has 0 fully saturated rings. The Hall–Kier alpha value is -0.430. The Bertz CT molecular complexity index is 64.0. The van der Waals surface area contributed by atoms with Crippen LogP contribution in [0.25, 0.3) is 0 Å². The van der Waals surface area contributed by atoms with Crippen LogP contribution in [0.5, 0.6) is 0 Å². The Morgan fingerprint density at radius 3 is 1.67 bits per heavy atom. The summed E-state index contributed by atoms with van der Waals surface area (Å²) in [4.78, 5) is 2.86. The lowest BCUT2D eigenvalue weighted by molar-refractivity contribution is 1.42. The van der Waals surface area contributed by atoms with Crippen LogP contribution in [0.2, 0.25) is 0 Å². The molecule has 6 heavy (non-hydrogen) atoms. The molecule has 1 nitrogen and oxygen atoms in total. The van der Waals surface area contributed by atoms with Crippen molar-refractivity contribution < 1.29 is 0 Å². The van der Waals surface area contributed by atoms with Crippen LogP contribution in [0.15, 0.2) is 24.5 Å². The van der Waals surface area contributed by atoms with Gasteiger partial charge in [0, 0.05) is 12.4 Å². The SMILES string of the molecule is Cl.c1cc[nH]c1. The van der Waals surface area contributed by atoms with Crippen molar-refractivity contribution >= 4 is 12.4 Å². The highest BCUT2D eigenvalue weighted by Gasteiger charge is 1.55. The number of aromatic amines is 1. The second-order valence-electron chi connectivity index (χ2n) is 0.885. The predicted octanol–water partition coefficient (Wildman–Crippen LogP) is 1.44. The van der Waals surface area contributed by atoms with Crippen molar-refractivity contribution in [1.29, 1.82) is 0 Å². The first-order valence-corrected chi connectivity index (χ1v) is 1.58. The third-order valence-corrected chi connectivity index (χ3v) is 0.496. The van der Waals surface area contributed by atoms with E-state index in [1.807, 2.05) is 24.5 Å². The van der Waals surface area contributed by atoms with Crippen molar-refractivity contribution in [3.05, 3.63) is 24.5 Å². The quantitative estimate of drug-likeness (QED) is 0.512. The van der Waals surface area contributed by atoms with E-state index in [2.05, 4.69) is 4.98 Å². The first-order valence-electron chi connectivity index (χ1n) is 1.58. The van der Waals surface area contributed by atoms with Gasteiger partial charge in [-0.3, -0.25) is 0 Å². The van der Waals surface area contributed by atoms with Crippen LogP contribution < -0.4 is 0 Å². The first-order chi connectivity index (χ1) is 2.50. The van der Waals surface area contributed by atoms with E-state index in [1.54, 1.807) is 0 Å². The maximum atomic E-state index is 2.86. The standard InChI is InChI=1S/C4H5N.ClH/c1-2-4-5-3-1;/h1-5H;1H. The van der Waals surface area contributed by atoms with E-state index >= 15 is 0 Å². The molecule has 2 heteroatoms. The molecule has 0 unspecified atom stereocenters. The third-order valence-electron chi connectivity index (χ3n) is 0.496. The summed E-state index contributed by atoms with van der Waals surface area (Å²) in [7, 11) is 0. The normalized spacial score (nSPS) is 6.67. The molecule has 1 heterocycles. The lowest BCUT2D eigenvalue weighted by Crippen LogP contribution is -1.38. The summed E-state index contributed by atoms with van der Waals surface area (Å²) in [5.74, 6) is 0. The molecule has 1 N–H and O–H groups in total. The summed E-state index contributed by atoms with van der Waals surface area (Å²) in [6, 6.07) is 3.89. The fraction of sp³-hybridized carbons (Fsp3) is 0. The van der Waals surface area contributed by atoms with Gasteiger partial charge in [-0.05, 0) is 12.1 Å². The van der Waals surface area contributed by atoms with Gasteiger partial charge in [0.2, 0.25) is 0 Å². The van der Waals surface area contributed by atoms with Crippen LogP contribution >= 0.6 is 12.4 Å². The van der Waals surface area contributed by atoms with Gasteiger partial charge in [-0.25, -0.2) is 0 Å². The van der Waals surface area contributed by atoms with Crippen LogP contribution in [0.1, 0.15) is 0 Å². The first kappa shape index (κ1) is 5.57. The zero-order chi connectivity index (χ0) is 3.54. The maximum absolute atomic E-state index is 2.86. The fourth-order valence-corrected chi connectivity index (χ4v) is 0.278. The molecular weight excluding hydrogens is 97.5 g/mol. The Kier molecular flexibility index (Phi) is 2.59. The Balaban J connectivity index is 0.000000250. The highest BCUT2D eigenvalue weighted by molar-refractivity contribution is 5.85. The number of H-pyrrole nitrogens is 1. The minimum atomic E-state index is 0. The monoisotopic (exact) mass is 103 g/mol. The summed E-state index contributed by atoms with van der Waals surface area (Å²) < 4.78 is 0. The van der Waals surface area contributed by atoms with Crippen molar-refractivity contribution in [3.8, 4) is 0 Å². The van der Waals surface area contributed by atoms with E-state index in [0.29, 0.717) is 0 Å². The van der Waals surface area contributed by atoms with Crippen molar-refractivity contribution in [2.45, 2.75) is 0 Å². The van der Waals surface area contributed by atoms with E-state index in [1.165, 1.54) is 0 Å². The van der Waals surface area contributed by atoms with Crippen LogP contribution in [-0.4, -0.2) is 4.98 Å². The van der Waals surface area contributed by atoms with Crippen molar-refractivity contribution in [3.63, 3.8) is 0 Å². The molecule has 0 aliphatic carbocycles. The van der Waals surface area contributed by atoms with Crippen molar-refractivity contribution in [1.82, 2.24) is 4.98 Å². The third kappa shape index (κ3) is 1.13. The molecule has 0 saturated carbocycles. The molecule has 1 rings (SSSR count). The van der Waals surface area contributed by atoms with Crippen LogP contribution in [-0.2, 0) is 0 Å². The number of hydrogen-bond donors (Lipinski definition) is 1. The molecule has 0 saturated heterocycles. The number of hydrogen-bond acceptors (Lipinski definition) is 0. The molecule has 0 radical (unpaired) electrons. The highest BCUT2D eigenvalue weighted by atomic mass is 35.5. The van der Waals surface area contributed by atoms with Crippen LogP contribution in [0, 0.1) is 0 Å². The van der Waals surface area contributed by atoms with Gasteiger partial charge in [-0.15, -0.1) is 12.4 Å². The molecule has 0 aliphatic rings. The summed E-state index contributed by atoms with van der Waals surface area (Å²) in [5.41, 5.74) is 0. The average molecular weight is 104 g/mol. The van der Waals surface area contributed by atoms with Crippen molar-refractivity contribution in [2.75, 3.05) is 0 Å². The van der Waals surface area contributed by atoms with E-state index in [0.717, 1.165) is 0 Å². The largest absolute Gasteiger partial charge is 0.368 e. The highest BCUT2D eigenvalue weighted by Crippen LogP contribution is 1.72. The van der Waals surface area contributed by atoms with Gasteiger partial charge in [0.15, 0.2) is 0 Å². The van der Waals surface area contributed by atoms with Crippen LogP contribution in [0.4, 0.5) is 0 Å². The molecule has 0 amide bonds. The second-order valence-corrected chi connectivity index (χ2v) is 0.885. The van der Waals surface area contributed by atoms with Gasteiger partial charge in [0.05, 0.1) is 0 Å². The smallest absolute Gasteiger partial charge is 0.000496 e. The van der Waals surface area contributed by atoms with Gasteiger partial charge >= 0.3 is 0 Å². The molecule has 0 spiro atoms. The maximum Gasteiger partial charge on any atom is 0.000496 e. The number of halogens is 1. The lowest BCUT2D eigenvalue weighted by Gasteiger charge is -1.49. The van der Waals surface area contributed by atoms with Gasteiger partial charge in [0.25, 0.3) is 0 Å². The minimum Gasteiger partial charge on any atom is -0.368 e. The topological polar surface area (TPSA) is 15.8 Å². The summed E-state index contributed by atoms with van der Waals surface area (Å²) in [6.07, 6.45) is 3.75. The molecule has 0 aromatic carbocycles. The van der Waals surface area contributed by atoms with E-state index in [4.69, 9.17) is 0 Å². The molecule has 0 atom stereocenters. The van der Waals surface area contributed by atoms with Crippen molar-refractivity contribution in [2.24, 2.45) is 0 Å². The van der Waals surface area contributed by atoms with Gasteiger partial charge < -0.3 is 4.98 Å². The summed E-state index contributed by atoms with van der Waals surface area (Å²) in [5, 5.41) is 0. The average Bonchev–Trinajstić information content (AvgIpc) is 1.76. The molecule has 34 valence electrons. The van der Waals surface area contributed by atoms with Gasteiger partial charge in [-0.1, -0.05) is 0 Å². The van der Waals surface area contributed by atoms with Gasteiger partial charge in [-0.2, -0.15) is 0 Å². The molecular formula is C4H6ClN. The molecule has 1 aromatic heterocycles. The molecule has 1 aromatic rings. The number of nitrogens with one attached hydrogen (secondary N) is 1. The van der Waals surface area contributed by atoms with E-state index in [-0.39, 0.29) is 12.4 Å².